The Kier molecular flexibility index (Phi) is 2.97. The number of hydrogen-bond donors (Lipinski definition) is 1. The Morgan fingerprint density at radius 1 is 1.29 bits per heavy atom. The highest BCUT2D eigenvalue weighted by Gasteiger charge is 2.12. The van der Waals surface area contributed by atoms with E-state index in [1.165, 1.54) is 6.92 Å². The van der Waals surface area contributed by atoms with E-state index in [4.69, 9.17) is 5.26 Å². The number of rotatable bonds is 2. The maximum Gasteiger partial charge on any atom is 0.152 e. The molecule has 1 rings (SSSR count). The molecule has 1 unspecified atom stereocenters. The second kappa shape index (κ2) is 4.01. The van der Waals surface area contributed by atoms with Gasteiger partial charge in [0.25, 0.3) is 0 Å². The number of benzene rings is 1. The lowest BCUT2D eigenvalue weighted by molar-refractivity contribution is 0.546. The van der Waals surface area contributed by atoms with Crippen molar-refractivity contribution >= 4 is 5.69 Å². The molecular formula is C9H7F3N2. The minimum atomic E-state index is -1.05. The van der Waals surface area contributed by atoms with Crippen molar-refractivity contribution in [2.24, 2.45) is 0 Å². The molecule has 14 heavy (non-hydrogen) atoms. The van der Waals surface area contributed by atoms with Crippen molar-refractivity contribution in [1.82, 2.24) is 0 Å². The van der Waals surface area contributed by atoms with E-state index < -0.39 is 29.2 Å². The zero-order chi connectivity index (χ0) is 10.7. The first-order valence-corrected chi connectivity index (χ1v) is 3.85. The molecule has 0 amide bonds. The van der Waals surface area contributed by atoms with E-state index in [0.29, 0.717) is 12.1 Å². The fourth-order valence-electron chi connectivity index (χ4n) is 0.929. The number of nitrogens with one attached hydrogen (secondary N) is 1. The number of halogens is 3. The lowest BCUT2D eigenvalue weighted by atomic mass is 10.2. The standard InChI is InChI=1S/C9H7F3N2/c1-5(4-13)14-9-7(11)2-6(10)3-8(9)12/h2-3,5,14H,1H3. The van der Waals surface area contributed by atoms with Gasteiger partial charge in [0.2, 0.25) is 0 Å². The van der Waals surface area contributed by atoms with E-state index in [1.807, 2.05) is 0 Å². The molecule has 0 spiro atoms. The van der Waals surface area contributed by atoms with Gasteiger partial charge in [-0.3, -0.25) is 0 Å². The molecule has 1 aromatic carbocycles. The summed E-state index contributed by atoms with van der Waals surface area (Å²) in [6, 6.07) is 2.10. The smallest absolute Gasteiger partial charge is 0.152 e. The molecule has 0 heterocycles. The Balaban J connectivity index is 3.04. The number of anilines is 1. The second-order valence-electron chi connectivity index (χ2n) is 2.74. The predicted octanol–water partition coefficient (Wildman–Crippen LogP) is 2.43. The first-order chi connectivity index (χ1) is 6.54. The van der Waals surface area contributed by atoms with Crippen molar-refractivity contribution in [3.05, 3.63) is 29.6 Å². The van der Waals surface area contributed by atoms with Gasteiger partial charge in [-0.05, 0) is 6.92 Å². The van der Waals surface area contributed by atoms with Gasteiger partial charge in [0.1, 0.15) is 17.5 Å². The topological polar surface area (TPSA) is 35.8 Å². The molecule has 0 saturated carbocycles. The van der Waals surface area contributed by atoms with Crippen molar-refractivity contribution in [2.45, 2.75) is 13.0 Å². The van der Waals surface area contributed by atoms with Gasteiger partial charge in [0.05, 0.1) is 6.07 Å². The van der Waals surface area contributed by atoms with Gasteiger partial charge in [-0.15, -0.1) is 0 Å². The maximum atomic E-state index is 13.0. The van der Waals surface area contributed by atoms with Crippen LogP contribution in [0.4, 0.5) is 18.9 Å². The highest BCUT2D eigenvalue weighted by atomic mass is 19.1. The number of nitrogens with zero attached hydrogens (tertiary/aromatic N) is 1. The van der Waals surface area contributed by atoms with Crippen molar-refractivity contribution in [1.29, 1.82) is 5.26 Å². The first-order valence-electron chi connectivity index (χ1n) is 3.85. The SMILES string of the molecule is CC(C#N)Nc1c(F)cc(F)cc1F. The minimum absolute atomic E-state index is 0.486. The maximum absolute atomic E-state index is 13.0. The molecule has 5 heteroatoms. The molecule has 0 aliphatic heterocycles. The molecule has 0 saturated heterocycles. The summed E-state index contributed by atoms with van der Waals surface area (Å²) in [6.45, 7) is 1.43. The quantitative estimate of drug-likeness (QED) is 0.795. The summed E-state index contributed by atoms with van der Waals surface area (Å²) in [6.07, 6.45) is 0. The largest absolute Gasteiger partial charge is 0.365 e. The average molecular weight is 200 g/mol. The van der Waals surface area contributed by atoms with Gasteiger partial charge in [-0.25, -0.2) is 13.2 Å². The lowest BCUT2D eigenvalue weighted by Gasteiger charge is -2.09. The van der Waals surface area contributed by atoms with E-state index in [2.05, 4.69) is 5.32 Å². The zero-order valence-corrected chi connectivity index (χ0v) is 7.31. The van der Waals surface area contributed by atoms with Crippen molar-refractivity contribution in [2.75, 3.05) is 5.32 Å². The third kappa shape index (κ3) is 2.16. The molecule has 0 aliphatic rings. The summed E-state index contributed by atoms with van der Waals surface area (Å²) in [5, 5.41) is 10.7. The molecule has 0 aromatic heterocycles. The Bertz CT molecular complexity index is 361. The van der Waals surface area contributed by atoms with Gasteiger partial charge in [-0.2, -0.15) is 5.26 Å². The van der Waals surface area contributed by atoms with E-state index >= 15 is 0 Å². The van der Waals surface area contributed by atoms with Crippen LogP contribution >= 0.6 is 0 Å². The van der Waals surface area contributed by atoms with Crippen LogP contribution in [0.5, 0.6) is 0 Å². The summed E-state index contributed by atoms with van der Waals surface area (Å²) in [7, 11) is 0. The Labute approximate surface area is 79.0 Å². The van der Waals surface area contributed by atoms with Gasteiger partial charge in [0.15, 0.2) is 11.6 Å². The molecule has 0 aliphatic carbocycles. The third-order valence-corrected chi connectivity index (χ3v) is 1.56. The highest BCUT2D eigenvalue weighted by Crippen LogP contribution is 2.20. The number of hydrogen-bond acceptors (Lipinski definition) is 2. The van der Waals surface area contributed by atoms with Gasteiger partial charge in [0, 0.05) is 12.1 Å². The monoisotopic (exact) mass is 200 g/mol. The van der Waals surface area contributed by atoms with Gasteiger partial charge >= 0.3 is 0 Å². The van der Waals surface area contributed by atoms with E-state index in [1.54, 1.807) is 6.07 Å². The highest BCUT2D eigenvalue weighted by molar-refractivity contribution is 5.48. The summed E-state index contributed by atoms with van der Waals surface area (Å²) < 4.78 is 38.4. The molecule has 2 nitrogen and oxygen atoms in total. The Hall–Kier alpha value is -1.70. The normalized spacial score (nSPS) is 11.9. The zero-order valence-electron chi connectivity index (χ0n) is 7.31. The van der Waals surface area contributed by atoms with Crippen LogP contribution in [0.15, 0.2) is 12.1 Å². The Morgan fingerprint density at radius 3 is 2.21 bits per heavy atom. The summed E-state index contributed by atoms with van der Waals surface area (Å²) in [5.74, 6) is -3.09. The van der Waals surface area contributed by atoms with E-state index in [-0.39, 0.29) is 0 Å². The second-order valence-corrected chi connectivity index (χ2v) is 2.74. The summed E-state index contributed by atoms with van der Waals surface area (Å²) in [5.41, 5.74) is -0.486. The molecular weight excluding hydrogens is 193 g/mol. The lowest BCUT2D eigenvalue weighted by Crippen LogP contribution is -2.14. The molecule has 1 aromatic rings. The van der Waals surface area contributed by atoms with Crippen molar-refractivity contribution in [3.8, 4) is 6.07 Å². The number of nitriles is 1. The average Bonchev–Trinajstić information content (AvgIpc) is 2.10. The molecule has 0 bridgehead atoms. The predicted molar refractivity (Wildman–Crippen MR) is 45.0 cm³/mol. The van der Waals surface area contributed by atoms with Crippen LogP contribution in [-0.4, -0.2) is 6.04 Å². The van der Waals surface area contributed by atoms with Crippen LogP contribution < -0.4 is 5.32 Å². The summed E-state index contributed by atoms with van der Waals surface area (Å²) >= 11 is 0. The van der Waals surface area contributed by atoms with Crippen LogP contribution in [0.2, 0.25) is 0 Å². The minimum Gasteiger partial charge on any atom is -0.365 e. The van der Waals surface area contributed by atoms with E-state index in [0.717, 1.165) is 0 Å². The first kappa shape index (κ1) is 10.4. The van der Waals surface area contributed by atoms with Crippen LogP contribution in [0.3, 0.4) is 0 Å². The summed E-state index contributed by atoms with van der Waals surface area (Å²) in [4.78, 5) is 0. The molecule has 1 N–H and O–H groups in total. The van der Waals surface area contributed by atoms with E-state index in [9.17, 15) is 13.2 Å². The van der Waals surface area contributed by atoms with Crippen LogP contribution in [0.25, 0.3) is 0 Å². The fraction of sp³-hybridized carbons (Fsp3) is 0.222. The van der Waals surface area contributed by atoms with Crippen molar-refractivity contribution in [3.63, 3.8) is 0 Å². The molecule has 74 valence electrons. The fourth-order valence-corrected chi connectivity index (χ4v) is 0.929. The molecule has 0 radical (unpaired) electrons. The van der Waals surface area contributed by atoms with Crippen LogP contribution in [0.1, 0.15) is 6.92 Å². The van der Waals surface area contributed by atoms with Crippen LogP contribution in [-0.2, 0) is 0 Å². The molecule has 0 fully saturated rings. The molecule has 1 atom stereocenters. The van der Waals surface area contributed by atoms with Gasteiger partial charge < -0.3 is 5.32 Å². The van der Waals surface area contributed by atoms with Gasteiger partial charge in [-0.1, -0.05) is 0 Å². The Morgan fingerprint density at radius 2 is 1.79 bits per heavy atom. The van der Waals surface area contributed by atoms with Crippen molar-refractivity contribution < 1.29 is 13.2 Å². The third-order valence-electron chi connectivity index (χ3n) is 1.56. The van der Waals surface area contributed by atoms with Crippen LogP contribution in [0, 0.1) is 28.8 Å².